The Balaban J connectivity index is 1.22. The minimum atomic E-state index is -4.38. The molecule has 2 heterocycles. The Bertz CT molecular complexity index is 1290. The molecule has 0 radical (unpaired) electrons. The summed E-state index contributed by atoms with van der Waals surface area (Å²) in [6.45, 7) is 4.17. The molecule has 0 unspecified atom stereocenters. The molecule has 0 aliphatic carbocycles. The van der Waals surface area contributed by atoms with Crippen LogP contribution >= 0.6 is 0 Å². The Morgan fingerprint density at radius 1 is 0.902 bits per heavy atom. The normalized spacial score (nSPS) is 19.9. The number of nitrogens with zero attached hydrogens (tertiary/aromatic N) is 4. The van der Waals surface area contributed by atoms with Crippen LogP contribution in [-0.2, 0) is 24.1 Å². The van der Waals surface area contributed by atoms with Crippen LogP contribution in [0.25, 0.3) is 0 Å². The van der Waals surface area contributed by atoms with Gasteiger partial charge in [-0.25, -0.2) is 0 Å². The first-order valence-corrected chi connectivity index (χ1v) is 14.2. The molecule has 5 rings (SSSR count). The van der Waals surface area contributed by atoms with E-state index in [1.807, 2.05) is 42.1 Å². The molecule has 6 nitrogen and oxygen atoms in total. The van der Waals surface area contributed by atoms with Crippen LogP contribution in [0.1, 0.15) is 23.1 Å². The predicted octanol–water partition coefficient (Wildman–Crippen LogP) is 4.85. The van der Waals surface area contributed by atoms with Crippen molar-refractivity contribution in [1.82, 2.24) is 15.1 Å². The van der Waals surface area contributed by atoms with Crippen molar-refractivity contribution in [3.8, 4) is 0 Å². The molecule has 0 saturated carbocycles. The van der Waals surface area contributed by atoms with Gasteiger partial charge in [0.1, 0.15) is 0 Å². The number of benzene rings is 3. The molecule has 218 valence electrons. The number of rotatable bonds is 8. The van der Waals surface area contributed by atoms with Crippen LogP contribution in [-0.4, -0.2) is 74.6 Å². The van der Waals surface area contributed by atoms with E-state index in [1.54, 1.807) is 6.07 Å². The Labute approximate surface area is 240 Å². The third kappa shape index (κ3) is 7.21. The van der Waals surface area contributed by atoms with Crippen LogP contribution in [0.4, 0.5) is 24.5 Å². The van der Waals surface area contributed by atoms with Gasteiger partial charge in [0, 0.05) is 77.3 Å². The van der Waals surface area contributed by atoms with Crippen molar-refractivity contribution in [2.45, 2.75) is 37.8 Å². The number of piperazine rings is 1. The molecule has 0 aromatic heterocycles. The monoisotopic (exact) mass is 565 g/mol. The van der Waals surface area contributed by atoms with Crippen molar-refractivity contribution in [3.05, 3.63) is 95.6 Å². The third-order valence-electron chi connectivity index (χ3n) is 8.09. The summed E-state index contributed by atoms with van der Waals surface area (Å²) in [5, 5.41) is 3.67. The molecule has 41 heavy (non-hydrogen) atoms. The van der Waals surface area contributed by atoms with Gasteiger partial charge in [0.2, 0.25) is 5.91 Å². The minimum absolute atomic E-state index is 0.101. The van der Waals surface area contributed by atoms with Crippen LogP contribution in [0, 0.1) is 0 Å². The summed E-state index contributed by atoms with van der Waals surface area (Å²) in [5.41, 5.74) is 3.41. The van der Waals surface area contributed by atoms with Gasteiger partial charge in [0.05, 0.1) is 11.6 Å². The predicted molar refractivity (Wildman–Crippen MR) is 157 cm³/mol. The van der Waals surface area contributed by atoms with Crippen LogP contribution in [0.15, 0.2) is 78.9 Å². The largest absolute Gasteiger partial charge is 0.416 e. The number of nitrogens with one attached hydrogen (secondary N) is 1. The first-order chi connectivity index (χ1) is 19.7. The molecule has 1 amide bonds. The lowest BCUT2D eigenvalue weighted by Crippen LogP contribution is -2.53. The highest BCUT2D eigenvalue weighted by Gasteiger charge is 2.39. The summed E-state index contributed by atoms with van der Waals surface area (Å²) >= 11 is 0. The maximum Gasteiger partial charge on any atom is 0.416 e. The summed E-state index contributed by atoms with van der Waals surface area (Å²) in [5.74, 6) is 0.101. The fraction of sp³-hybridized carbons (Fsp3) is 0.406. The minimum Gasteiger partial charge on any atom is -0.378 e. The van der Waals surface area contributed by atoms with Gasteiger partial charge >= 0.3 is 6.18 Å². The second kappa shape index (κ2) is 12.5. The molecule has 0 bridgehead atoms. The lowest BCUT2D eigenvalue weighted by atomic mass is 10.1. The van der Waals surface area contributed by atoms with Gasteiger partial charge in [0.15, 0.2) is 0 Å². The molecule has 3 aromatic rings. The first kappa shape index (κ1) is 29.0. The fourth-order valence-electron chi connectivity index (χ4n) is 5.75. The highest BCUT2D eigenvalue weighted by Crippen LogP contribution is 2.32. The van der Waals surface area contributed by atoms with Crippen LogP contribution < -0.4 is 15.1 Å². The molecule has 2 aliphatic heterocycles. The number of carbonyl (C=O) groups is 1. The van der Waals surface area contributed by atoms with Crippen molar-refractivity contribution >= 4 is 17.3 Å². The van der Waals surface area contributed by atoms with Gasteiger partial charge in [-0.2, -0.15) is 13.2 Å². The number of likely N-dealkylation sites (tertiary alicyclic amines) is 1. The van der Waals surface area contributed by atoms with Crippen molar-refractivity contribution in [2.75, 3.05) is 56.6 Å². The summed E-state index contributed by atoms with van der Waals surface area (Å²) in [6.07, 6.45) is -3.66. The quantitative estimate of drug-likeness (QED) is 0.423. The number of carbonyl (C=O) groups excluding carboxylic acids is 1. The van der Waals surface area contributed by atoms with Crippen molar-refractivity contribution in [1.29, 1.82) is 0 Å². The number of alkyl halides is 3. The van der Waals surface area contributed by atoms with Crippen molar-refractivity contribution in [3.63, 3.8) is 0 Å². The van der Waals surface area contributed by atoms with Gasteiger partial charge in [-0.15, -0.1) is 0 Å². The topological polar surface area (TPSA) is 42.1 Å². The zero-order valence-electron chi connectivity index (χ0n) is 23.6. The second-order valence-corrected chi connectivity index (χ2v) is 11.2. The average Bonchev–Trinajstić information content (AvgIpc) is 3.38. The number of hydrogen-bond acceptors (Lipinski definition) is 5. The van der Waals surface area contributed by atoms with Gasteiger partial charge in [-0.3, -0.25) is 9.69 Å². The summed E-state index contributed by atoms with van der Waals surface area (Å²) < 4.78 is 39.6. The fourth-order valence-corrected chi connectivity index (χ4v) is 5.75. The van der Waals surface area contributed by atoms with Gasteiger partial charge < -0.3 is 20.0 Å². The standard InChI is InChI=1S/C32H38F3N5O/c1-37(2)28-13-11-24(12-14-28)21-36-27-20-30(40(23-27)22-25-7-4-3-5-8-25)31(41)39-17-15-38(16-18-39)29-10-6-9-26(19-29)32(33,34)35/h3-14,19,27,30,36H,15-18,20-23H2,1-2H3/t27-,30+/m1/s1. The lowest BCUT2D eigenvalue weighted by molar-refractivity contribution is -0.137. The van der Waals surface area contributed by atoms with Gasteiger partial charge in [-0.05, 0) is 47.9 Å². The highest BCUT2D eigenvalue weighted by atomic mass is 19.4. The van der Waals surface area contributed by atoms with E-state index in [-0.39, 0.29) is 18.0 Å². The number of anilines is 2. The Hall–Kier alpha value is -3.56. The second-order valence-electron chi connectivity index (χ2n) is 11.2. The highest BCUT2D eigenvalue weighted by molar-refractivity contribution is 5.82. The zero-order chi connectivity index (χ0) is 29.0. The van der Waals surface area contributed by atoms with E-state index in [9.17, 15) is 18.0 Å². The molecule has 2 fully saturated rings. The van der Waals surface area contributed by atoms with E-state index < -0.39 is 11.7 Å². The molecular formula is C32H38F3N5O. The van der Waals surface area contributed by atoms with E-state index in [0.29, 0.717) is 38.4 Å². The van der Waals surface area contributed by atoms with E-state index >= 15 is 0 Å². The summed E-state index contributed by atoms with van der Waals surface area (Å²) in [4.78, 5) is 22.0. The maximum absolute atomic E-state index is 13.8. The van der Waals surface area contributed by atoms with E-state index in [4.69, 9.17) is 0 Å². The molecule has 2 atom stereocenters. The Morgan fingerprint density at radius 3 is 2.27 bits per heavy atom. The summed E-state index contributed by atoms with van der Waals surface area (Å²) in [6, 6.07) is 24.0. The molecule has 3 aromatic carbocycles. The van der Waals surface area contributed by atoms with Crippen LogP contribution in [0.3, 0.4) is 0 Å². The van der Waals surface area contributed by atoms with Gasteiger partial charge in [0.25, 0.3) is 0 Å². The molecule has 0 spiro atoms. The Morgan fingerprint density at radius 2 is 1.61 bits per heavy atom. The van der Waals surface area contributed by atoms with E-state index in [2.05, 4.69) is 51.5 Å². The zero-order valence-corrected chi connectivity index (χ0v) is 23.6. The third-order valence-corrected chi connectivity index (χ3v) is 8.09. The lowest BCUT2D eigenvalue weighted by Gasteiger charge is -2.38. The molecule has 2 saturated heterocycles. The first-order valence-electron chi connectivity index (χ1n) is 14.2. The van der Waals surface area contributed by atoms with Crippen LogP contribution in [0.2, 0.25) is 0 Å². The summed E-state index contributed by atoms with van der Waals surface area (Å²) in [7, 11) is 4.05. The number of hydrogen-bond donors (Lipinski definition) is 1. The SMILES string of the molecule is CN(C)c1ccc(CN[C@@H]2C[C@@H](C(=O)N3CCN(c4cccc(C(F)(F)F)c4)CC3)N(Cc3ccccc3)C2)cc1. The van der Waals surface area contributed by atoms with Crippen LogP contribution in [0.5, 0.6) is 0 Å². The van der Waals surface area contributed by atoms with Crippen molar-refractivity contribution < 1.29 is 18.0 Å². The smallest absolute Gasteiger partial charge is 0.378 e. The van der Waals surface area contributed by atoms with Crippen molar-refractivity contribution in [2.24, 2.45) is 0 Å². The molecule has 2 aliphatic rings. The van der Waals surface area contributed by atoms with E-state index in [1.165, 1.54) is 23.3 Å². The number of amides is 1. The average molecular weight is 566 g/mol. The molecular weight excluding hydrogens is 527 g/mol. The maximum atomic E-state index is 13.8. The van der Waals surface area contributed by atoms with E-state index in [0.717, 1.165) is 31.3 Å². The number of halogens is 3. The Kier molecular flexibility index (Phi) is 8.85. The molecule has 9 heteroatoms. The molecule has 1 N–H and O–H groups in total. The van der Waals surface area contributed by atoms with Gasteiger partial charge in [-0.1, -0.05) is 48.5 Å².